The fraction of sp³-hybridized carbons (Fsp3) is 0.0476. The van der Waals surface area contributed by atoms with E-state index in [0.717, 1.165) is 13.8 Å². The van der Waals surface area contributed by atoms with Crippen molar-refractivity contribution in [2.24, 2.45) is 0 Å². The zero-order valence-electron chi connectivity index (χ0n) is 14.5. The Kier molecular flexibility index (Phi) is 4.91. The monoisotopic (exact) mass is 484 g/mol. The molecule has 0 bridgehead atoms. The first-order chi connectivity index (χ1) is 13.5. The fourth-order valence-corrected chi connectivity index (χ4v) is 3.35. The number of fused-ring (bicyclic) bond motifs is 1. The molecule has 0 fully saturated rings. The molecule has 0 atom stereocenters. The number of aromatic nitrogens is 2. The highest BCUT2D eigenvalue weighted by Crippen LogP contribution is 2.18. The summed E-state index contributed by atoms with van der Waals surface area (Å²) >= 11 is 2.14. The van der Waals surface area contributed by atoms with Crippen LogP contribution in [0.1, 0.15) is 10.4 Å². The Morgan fingerprint density at radius 3 is 2.57 bits per heavy atom. The maximum Gasteiger partial charge on any atom is 0.347 e. The molecule has 28 heavy (non-hydrogen) atoms. The first kappa shape index (κ1) is 18.3. The van der Waals surface area contributed by atoms with Crippen LogP contribution in [0, 0.1) is 3.57 Å². The van der Waals surface area contributed by atoms with Gasteiger partial charge in [-0.3, -0.25) is 9.59 Å². The first-order valence-corrected chi connectivity index (χ1v) is 9.49. The van der Waals surface area contributed by atoms with E-state index in [0.29, 0.717) is 16.7 Å². The highest BCUT2D eigenvalue weighted by Gasteiger charge is 2.16. The van der Waals surface area contributed by atoms with Gasteiger partial charge in [-0.2, -0.15) is 5.10 Å². The normalized spacial score (nSPS) is 10.9. The Morgan fingerprint density at radius 2 is 1.79 bits per heavy atom. The topological polar surface area (TPSA) is 82.2 Å². The van der Waals surface area contributed by atoms with E-state index in [2.05, 4.69) is 27.7 Å². The number of benzene rings is 2. The average molecular weight is 484 g/mol. The lowest BCUT2D eigenvalue weighted by Crippen LogP contribution is -2.28. The number of carbonyl (C=O) groups excluding carboxylic acids is 1. The Hall–Kier alpha value is -3.07. The summed E-state index contributed by atoms with van der Waals surface area (Å²) in [5.41, 5.74) is 0.534. The van der Waals surface area contributed by atoms with Crippen molar-refractivity contribution in [1.82, 2.24) is 9.78 Å². The van der Waals surface area contributed by atoms with E-state index in [1.807, 2.05) is 42.5 Å². The molecule has 6 nitrogen and oxygen atoms in total. The second-order valence-corrected chi connectivity index (χ2v) is 7.38. The molecule has 4 rings (SSSR count). The van der Waals surface area contributed by atoms with Gasteiger partial charge >= 0.3 is 5.63 Å². The number of rotatable bonds is 4. The predicted octanol–water partition coefficient (Wildman–Crippen LogP) is 3.50. The third-order valence-electron chi connectivity index (χ3n) is 4.22. The number of halogens is 1. The minimum atomic E-state index is -0.731. The van der Waals surface area contributed by atoms with Crippen LogP contribution in [-0.2, 0) is 6.54 Å². The quantitative estimate of drug-likeness (QED) is 0.252. The van der Waals surface area contributed by atoms with E-state index in [9.17, 15) is 14.4 Å². The van der Waals surface area contributed by atoms with E-state index in [4.69, 9.17) is 4.42 Å². The SMILES string of the molecule is O=C(Cn1nc(-c2ccccc2)ccc1=O)c1cc2cc(I)ccc2oc1=O. The Balaban J connectivity index is 1.71. The van der Waals surface area contributed by atoms with Gasteiger partial charge in [0.2, 0.25) is 0 Å². The molecule has 0 saturated carbocycles. The van der Waals surface area contributed by atoms with Crippen LogP contribution in [0.4, 0.5) is 0 Å². The van der Waals surface area contributed by atoms with Gasteiger partial charge in [-0.05, 0) is 52.9 Å². The van der Waals surface area contributed by atoms with Crippen LogP contribution in [0.25, 0.3) is 22.2 Å². The maximum absolute atomic E-state index is 12.7. The van der Waals surface area contributed by atoms with E-state index >= 15 is 0 Å². The Labute approximate surface area is 172 Å². The first-order valence-electron chi connectivity index (χ1n) is 8.41. The zero-order valence-corrected chi connectivity index (χ0v) is 16.6. The minimum Gasteiger partial charge on any atom is -0.422 e. The van der Waals surface area contributed by atoms with Crippen molar-refractivity contribution in [3.05, 3.63) is 96.6 Å². The van der Waals surface area contributed by atoms with Gasteiger partial charge in [-0.15, -0.1) is 0 Å². The van der Waals surface area contributed by atoms with Crippen LogP contribution >= 0.6 is 22.6 Å². The van der Waals surface area contributed by atoms with Crippen molar-refractivity contribution in [3.8, 4) is 11.3 Å². The summed E-state index contributed by atoms with van der Waals surface area (Å²) in [4.78, 5) is 37.1. The van der Waals surface area contributed by atoms with Crippen LogP contribution < -0.4 is 11.2 Å². The molecule has 0 N–H and O–H groups in total. The molecular weight excluding hydrogens is 471 g/mol. The average Bonchev–Trinajstić information content (AvgIpc) is 2.70. The summed E-state index contributed by atoms with van der Waals surface area (Å²) in [7, 11) is 0. The predicted molar refractivity (Wildman–Crippen MR) is 113 cm³/mol. The molecule has 0 aliphatic rings. The number of hydrogen-bond donors (Lipinski definition) is 0. The second kappa shape index (κ2) is 7.51. The van der Waals surface area contributed by atoms with Gasteiger partial charge < -0.3 is 4.42 Å². The molecule has 0 saturated heterocycles. The molecule has 0 radical (unpaired) electrons. The molecule has 138 valence electrons. The summed E-state index contributed by atoms with van der Waals surface area (Å²) in [6.45, 7) is -0.348. The van der Waals surface area contributed by atoms with Crippen molar-refractivity contribution >= 4 is 39.3 Å². The third kappa shape index (κ3) is 3.65. The van der Waals surface area contributed by atoms with Gasteiger partial charge in [-0.1, -0.05) is 30.3 Å². The third-order valence-corrected chi connectivity index (χ3v) is 4.90. The number of hydrogen-bond acceptors (Lipinski definition) is 5. The van der Waals surface area contributed by atoms with E-state index in [-0.39, 0.29) is 12.1 Å². The second-order valence-electron chi connectivity index (χ2n) is 6.13. The van der Waals surface area contributed by atoms with Crippen LogP contribution in [-0.4, -0.2) is 15.6 Å². The van der Waals surface area contributed by atoms with Crippen molar-refractivity contribution in [2.75, 3.05) is 0 Å². The summed E-state index contributed by atoms with van der Waals surface area (Å²) in [5, 5.41) is 4.91. The number of ketones is 1. The summed E-state index contributed by atoms with van der Waals surface area (Å²) in [6, 6.07) is 19.1. The highest BCUT2D eigenvalue weighted by molar-refractivity contribution is 14.1. The van der Waals surface area contributed by atoms with Crippen LogP contribution in [0.5, 0.6) is 0 Å². The summed E-state index contributed by atoms with van der Waals surface area (Å²) in [5.74, 6) is -0.533. The highest BCUT2D eigenvalue weighted by atomic mass is 127. The molecule has 4 aromatic rings. The zero-order chi connectivity index (χ0) is 19.7. The molecular formula is C21H13IN2O4. The van der Waals surface area contributed by atoms with Crippen molar-refractivity contribution in [1.29, 1.82) is 0 Å². The van der Waals surface area contributed by atoms with Crippen LogP contribution in [0.3, 0.4) is 0 Å². The van der Waals surface area contributed by atoms with Gasteiger partial charge in [-0.25, -0.2) is 9.48 Å². The van der Waals surface area contributed by atoms with E-state index in [1.165, 1.54) is 12.1 Å². The van der Waals surface area contributed by atoms with Crippen molar-refractivity contribution in [3.63, 3.8) is 0 Å². The smallest absolute Gasteiger partial charge is 0.347 e. The molecule has 2 aromatic heterocycles. The number of carbonyl (C=O) groups is 1. The number of Topliss-reactive ketones (excluding diaryl/α,β-unsaturated/α-hetero) is 1. The molecule has 0 aliphatic carbocycles. The maximum atomic E-state index is 12.7. The Bertz CT molecular complexity index is 1310. The number of nitrogens with zero attached hydrogens (tertiary/aromatic N) is 2. The van der Waals surface area contributed by atoms with E-state index < -0.39 is 17.0 Å². The molecule has 7 heteroatoms. The van der Waals surface area contributed by atoms with Gasteiger partial charge in [0, 0.05) is 20.6 Å². The minimum absolute atomic E-state index is 0.103. The molecule has 2 heterocycles. The van der Waals surface area contributed by atoms with Gasteiger partial charge in [0.05, 0.1) is 5.69 Å². The fourth-order valence-electron chi connectivity index (χ4n) is 2.83. The lowest BCUT2D eigenvalue weighted by molar-refractivity contribution is 0.0962. The lowest BCUT2D eigenvalue weighted by atomic mass is 10.1. The molecule has 0 amide bonds. The molecule has 2 aromatic carbocycles. The largest absolute Gasteiger partial charge is 0.422 e. The van der Waals surface area contributed by atoms with Crippen molar-refractivity contribution in [2.45, 2.75) is 6.54 Å². The van der Waals surface area contributed by atoms with Crippen molar-refractivity contribution < 1.29 is 9.21 Å². The van der Waals surface area contributed by atoms with Gasteiger partial charge in [0.25, 0.3) is 5.56 Å². The molecule has 0 spiro atoms. The van der Waals surface area contributed by atoms with Crippen LogP contribution in [0.15, 0.2) is 80.7 Å². The van der Waals surface area contributed by atoms with Crippen LogP contribution in [0.2, 0.25) is 0 Å². The van der Waals surface area contributed by atoms with Gasteiger partial charge in [0.1, 0.15) is 17.7 Å². The Morgan fingerprint density at radius 1 is 1.00 bits per heavy atom. The summed E-state index contributed by atoms with van der Waals surface area (Å²) in [6.07, 6.45) is 0. The summed E-state index contributed by atoms with van der Waals surface area (Å²) < 4.78 is 7.25. The molecule has 0 aliphatic heterocycles. The van der Waals surface area contributed by atoms with E-state index in [1.54, 1.807) is 12.1 Å². The van der Waals surface area contributed by atoms with Gasteiger partial charge in [0.15, 0.2) is 5.78 Å². The lowest BCUT2D eigenvalue weighted by Gasteiger charge is -2.07. The standard InChI is InChI=1S/C21H13IN2O4/c22-15-6-8-19-14(10-15)11-16(21(27)28-19)18(25)12-24-20(26)9-7-17(23-24)13-4-2-1-3-5-13/h1-11H,12H2. The molecule has 0 unspecified atom stereocenters.